The van der Waals surface area contributed by atoms with Crippen LogP contribution in [0, 0.1) is 5.92 Å². The average molecular weight is 320 g/mol. The van der Waals surface area contributed by atoms with Gasteiger partial charge in [-0.15, -0.1) is 0 Å². The SMILES string of the molecule is COc1cccc2sc(NC(=O)N3CCC(C(N)=O)C3)nc12. The minimum absolute atomic E-state index is 0.262. The Hall–Kier alpha value is -2.35. The lowest BCUT2D eigenvalue weighted by molar-refractivity contribution is -0.121. The van der Waals surface area contributed by atoms with E-state index >= 15 is 0 Å². The van der Waals surface area contributed by atoms with Crippen LogP contribution in [0.5, 0.6) is 5.75 Å². The molecule has 1 atom stereocenters. The second-order valence-electron chi connectivity index (χ2n) is 5.09. The number of ether oxygens (including phenoxy) is 1. The molecule has 0 spiro atoms. The van der Waals surface area contributed by atoms with Crippen LogP contribution in [0.4, 0.5) is 9.93 Å². The van der Waals surface area contributed by atoms with E-state index in [2.05, 4.69) is 10.3 Å². The molecule has 3 amide bonds. The lowest BCUT2D eigenvalue weighted by atomic mass is 10.1. The summed E-state index contributed by atoms with van der Waals surface area (Å²) in [6.07, 6.45) is 0.608. The maximum absolute atomic E-state index is 12.2. The summed E-state index contributed by atoms with van der Waals surface area (Å²) >= 11 is 1.38. The van der Waals surface area contributed by atoms with Crippen molar-refractivity contribution in [3.8, 4) is 5.75 Å². The smallest absolute Gasteiger partial charge is 0.323 e. The predicted octanol–water partition coefficient (Wildman–Crippen LogP) is 1.64. The standard InChI is InChI=1S/C14H16N4O3S/c1-21-9-3-2-4-10-11(9)16-13(22-10)17-14(20)18-6-5-8(7-18)12(15)19/h2-4,8H,5-7H2,1H3,(H2,15,19)(H,16,17,20). The first-order valence-electron chi connectivity index (χ1n) is 6.87. The minimum atomic E-state index is -0.361. The molecule has 7 nitrogen and oxygen atoms in total. The molecular weight excluding hydrogens is 304 g/mol. The molecule has 1 unspecified atom stereocenters. The highest BCUT2D eigenvalue weighted by molar-refractivity contribution is 7.22. The zero-order valence-corrected chi connectivity index (χ0v) is 12.9. The number of fused-ring (bicyclic) bond motifs is 1. The topological polar surface area (TPSA) is 97.5 Å². The first-order chi connectivity index (χ1) is 10.6. The van der Waals surface area contributed by atoms with E-state index in [0.717, 1.165) is 10.2 Å². The first kappa shape index (κ1) is 14.6. The molecule has 0 bridgehead atoms. The molecule has 1 aliphatic heterocycles. The number of carbonyl (C=O) groups excluding carboxylic acids is 2. The van der Waals surface area contributed by atoms with Crippen LogP contribution in [0.2, 0.25) is 0 Å². The van der Waals surface area contributed by atoms with Crippen molar-refractivity contribution in [3.63, 3.8) is 0 Å². The summed E-state index contributed by atoms with van der Waals surface area (Å²) in [6, 6.07) is 5.36. The fraction of sp³-hybridized carbons (Fsp3) is 0.357. The van der Waals surface area contributed by atoms with E-state index in [1.54, 1.807) is 12.0 Å². The Morgan fingerprint density at radius 3 is 3.00 bits per heavy atom. The molecule has 3 rings (SSSR count). The van der Waals surface area contributed by atoms with Crippen molar-refractivity contribution in [2.24, 2.45) is 11.7 Å². The number of nitrogens with two attached hydrogens (primary N) is 1. The first-order valence-corrected chi connectivity index (χ1v) is 7.69. The highest BCUT2D eigenvalue weighted by Crippen LogP contribution is 2.32. The second kappa shape index (κ2) is 5.80. The number of thiazole rings is 1. The largest absolute Gasteiger partial charge is 0.494 e. The van der Waals surface area contributed by atoms with Gasteiger partial charge in [0, 0.05) is 13.1 Å². The quantitative estimate of drug-likeness (QED) is 0.898. The number of hydrogen-bond donors (Lipinski definition) is 2. The van der Waals surface area contributed by atoms with Crippen LogP contribution >= 0.6 is 11.3 Å². The summed E-state index contributed by atoms with van der Waals surface area (Å²) in [4.78, 5) is 29.3. The van der Waals surface area contributed by atoms with Gasteiger partial charge in [0.1, 0.15) is 11.3 Å². The fourth-order valence-electron chi connectivity index (χ4n) is 2.49. The van der Waals surface area contributed by atoms with Crippen molar-refractivity contribution in [1.29, 1.82) is 0 Å². The Labute approximate surface area is 131 Å². The molecule has 1 saturated heterocycles. The average Bonchev–Trinajstić information content (AvgIpc) is 3.13. The van der Waals surface area contributed by atoms with Gasteiger partial charge in [0.05, 0.1) is 17.7 Å². The number of benzene rings is 1. The number of para-hydroxylation sites is 1. The van der Waals surface area contributed by atoms with E-state index in [-0.39, 0.29) is 17.9 Å². The van der Waals surface area contributed by atoms with Gasteiger partial charge in [-0.25, -0.2) is 9.78 Å². The summed E-state index contributed by atoms with van der Waals surface area (Å²) in [5.41, 5.74) is 6.00. The van der Waals surface area contributed by atoms with Crippen LogP contribution in [0.15, 0.2) is 18.2 Å². The molecule has 1 aliphatic rings. The second-order valence-corrected chi connectivity index (χ2v) is 6.12. The Morgan fingerprint density at radius 1 is 1.50 bits per heavy atom. The zero-order valence-electron chi connectivity index (χ0n) is 12.0. The number of amides is 3. The van der Waals surface area contributed by atoms with Gasteiger partial charge in [-0.2, -0.15) is 0 Å². The van der Waals surface area contributed by atoms with E-state index in [4.69, 9.17) is 10.5 Å². The summed E-state index contributed by atoms with van der Waals surface area (Å²) in [5, 5.41) is 3.28. The van der Waals surface area contributed by atoms with Crippen molar-refractivity contribution < 1.29 is 14.3 Å². The number of anilines is 1. The van der Waals surface area contributed by atoms with E-state index in [1.165, 1.54) is 11.3 Å². The minimum Gasteiger partial charge on any atom is -0.494 e. The number of aromatic nitrogens is 1. The fourth-order valence-corrected chi connectivity index (χ4v) is 3.36. The molecule has 1 aromatic heterocycles. The highest BCUT2D eigenvalue weighted by Gasteiger charge is 2.30. The lowest BCUT2D eigenvalue weighted by Crippen LogP contribution is -2.34. The van der Waals surface area contributed by atoms with Crippen LogP contribution in [-0.2, 0) is 4.79 Å². The molecule has 0 saturated carbocycles. The van der Waals surface area contributed by atoms with Gasteiger partial charge in [-0.05, 0) is 18.6 Å². The Kier molecular flexibility index (Phi) is 3.84. The molecule has 22 heavy (non-hydrogen) atoms. The molecule has 3 N–H and O–H groups in total. The summed E-state index contributed by atoms with van der Waals surface area (Å²) in [5.74, 6) is 0.0467. The molecular formula is C14H16N4O3S. The van der Waals surface area contributed by atoms with Crippen molar-refractivity contribution in [1.82, 2.24) is 9.88 Å². The molecule has 0 aliphatic carbocycles. The Balaban J connectivity index is 1.73. The molecule has 2 aromatic rings. The van der Waals surface area contributed by atoms with Gasteiger partial charge in [0.15, 0.2) is 5.13 Å². The zero-order chi connectivity index (χ0) is 15.7. The van der Waals surface area contributed by atoms with Gasteiger partial charge in [0.2, 0.25) is 5.91 Å². The molecule has 1 fully saturated rings. The predicted molar refractivity (Wildman–Crippen MR) is 84.1 cm³/mol. The third kappa shape index (κ3) is 2.69. The van der Waals surface area contributed by atoms with Gasteiger partial charge < -0.3 is 15.4 Å². The van der Waals surface area contributed by atoms with Crippen LogP contribution in [-0.4, -0.2) is 42.0 Å². The number of urea groups is 1. The van der Waals surface area contributed by atoms with Gasteiger partial charge in [0.25, 0.3) is 0 Å². The van der Waals surface area contributed by atoms with Crippen LogP contribution in [0.3, 0.4) is 0 Å². The van der Waals surface area contributed by atoms with Crippen molar-refractivity contribution in [3.05, 3.63) is 18.2 Å². The maximum atomic E-state index is 12.2. The molecule has 1 aromatic carbocycles. The monoisotopic (exact) mass is 320 g/mol. The molecule has 2 heterocycles. The summed E-state index contributed by atoms with van der Waals surface area (Å²) in [6.45, 7) is 0.878. The molecule has 0 radical (unpaired) electrons. The van der Waals surface area contributed by atoms with Crippen molar-refractivity contribution >= 4 is 38.6 Å². The van der Waals surface area contributed by atoms with Crippen LogP contribution in [0.25, 0.3) is 10.2 Å². The van der Waals surface area contributed by atoms with Crippen LogP contribution < -0.4 is 15.8 Å². The van der Waals surface area contributed by atoms with E-state index in [1.807, 2.05) is 18.2 Å². The Bertz CT molecular complexity index is 730. The summed E-state index contributed by atoms with van der Waals surface area (Å²) < 4.78 is 6.19. The van der Waals surface area contributed by atoms with Crippen molar-refractivity contribution in [2.45, 2.75) is 6.42 Å². The van der Waals surface area contributed by atoms with Crippen LogP contribution in [0.1, 0.15) is 6.42 Å². The van der Waals surface area contributed by atoms with E-state index < -0.39 is 0 Å². The maximum Gasteiger partial charge on any atom is 0.323 e. The molecule has 8 heteroatoms. The van der Waals surface area contributed by atoms with Gasteiger partial charge in [-0.3, -0.25) is 10.1 Å². The number of carbonyl (C=O) groups is 2. The summed E-state index contributed by atoms with van der Waals surface area (Å²) in [7, 11) is 1.58. The highest BCUT2D eigenvalue weighted by atomic mass is 32.1. The number of nitrogens with zero attached hydrogens (tertiary/aromatic N) is 2. The number of methoxy groups -OCH3 is 1. The van der Waals surface area contributed by atoms with Crippen molar-refractivity contribution in [2.75, 3.05) is 25.5 Å². The number of likely N-dealkylation sites (tertiary alicyclic amines) is 1. The van der Waals surface area contributed by atoms with Gasteiger partial charge in [-0.1, -0.05) is 17.4 Å². The third-order valence-electron chi connectivity index (χ3n) is 3.69. The number of primary amides is 1. The number of nitrogens with one attached hydrogen (secondary N) is 1. The van der Waals surface area contributed by atoms with Gasteiger partial charge >= 0.3 is 6.03 Å². The van der Waals surface area contributed by atoms with E-state index in [9.17, 15) is 9.59 Å². The molecule has 116 valence electrons. The third-order valence-corrected chi connectivity index (χ3v) is 4.63. The Morgan fingerprint density at radius 2 is 2.32 bits per heavy atom. The number of hydrogen-bond acceptors (Lipinski definition) is 5. The lowest BCUT2D eigenvalue weighted by Gasteiger charge is -2.15. The normalized spacial score (nSPS) is 17.7. The van der Waals surface area contributed by atoms with E-state index in [0.29, 0.717) is 30.4 Å². The number of rotatable bonds is 3.